The monoisotopic (exact) mass is 768 g/mol. The molecule has 4 aromatic rings. The van der Waals surface area contributed by atoms with E-state index in [4.69, 9.17) is 20.9 Å². The Labute approximate surface area is 327 Å². The second-order valence-corrected chi connectivity index (χ2v) is 14.3. The minimum Gasteiger partial charge on any atom is -0.444 e. The van der Waals surface area contributed by atoms with Gasteiger partial charge in [-0.25, -0.2) is 19.4 Å². The molecule has 0 spiro atoms. The number of nitrogens with two attached hydrogens (primary N) is 2. The van der Waals surface area contributed by atoms with Crippen LogP contribution in [-0.4, -0.2) is 90.4 Å². The van der Waals surface area contributed by atoms with Crippen LogP contribution >= 0.6 is 0 Å². The first-order chi connectivity index (χ1) is 26.8. The minimum atomic E-state index is -1.99. The molecule has 14 nitrogen and oxygen atoms in total. The van der Waals surface area contributed by atoms with Crippen molar-refractivity contribution in [2.45, 2.75) is 90.1 Å². The topological polar surface area (TPSA) is 212 Å². The summed E-state index contributed by atoms with van der Waals surface area (Å²) in [6.45, 7) is 6.28. The lowest BCUT2D eigenvalue weighted by atomic mass is 9.88. The van der Waals surface area contributed by atoms with Crippen LogP contribution in [0.5, 0.6) is 0 Å². The summed E-state index contributed by atoms with van der Waals surface area (Å²) in [4.78, 5) is 66.2. The molecule has 0 aliphatic carbocycles. The molecule has 4 amide bonds. The van der Waals surface area contributed by atoms with Gasteiger partial charge in [-0.05, 0) is 47.9 Å². The Bertz CT molecular complexity index is 1700. The Kier molecular flexibility index (Phi) is 16.2. The van der Waals surface area contributed by atoms with E-state index in [0.29, 0.717) is 22.3 Å². The molecular weight excluding hydrogens is 716 g/mol. The number of carbonyl (C=O) groups excluding carboxylic acids is 4. The van der Waals surface area contributed by atoms with Gasteiger partial charge in [0.15, 0.2) is 0 Å². The maximum atomic E-state index is 14.2. The molecule has 0 radical (unpaired) electrons. The third kappa shape index (κ3) is 11.7. The van der Waals surface area contributed by atoms with Crippen molar-refractivity contribution in [3.8, 4) is 0 Å². The first-order valence-electron chi connectivity index (χ1n) is 18.5. The van der Waals surface area contributed by atoms with Gasteiger partial charge in [0.25, 0.3) is 0 Å². The number of imide groups is 2. The first-order valence-corrected chi connectivity index (χ1v) is 18.5. The molecule has 298 valence electrons. The zero-order valence-electron chi connectivity index (χ0n) is 32.1. The number of pyridine rings is 2. The quantitative estimate of drug-likeness (QED) is 0.120. The number of hydrogen-bond donors (Lipinski definition) is 4. The highest BCUT2D eigenvalue weighted by atomic mass is 16.6. The molecule has 0 bridgehead atoms. The fourth-order valence-corrected chi connectivity index (χ4v) is 5.96. The lowest BCUT2D eigenvalue weighted by Gasteiger charge is -2.41. The third-order valence-electron chi connectivity index (χ3n) is 9.42. The van der Waals surface area contributed by atoms with Gasteiger partial charge in [0.05, 0.1) is 24.2 Å². The molecule has 0 saturated heterocycles. The van der Waals surface area contributed by atoms with E-state index in [9.17, 15) is 29.4 Å². The largest absolute Gasteiger partial charge is 0.444 e. The van der Waals surface area contributed by atoms with Gasteiger partial charge in [-0.15, -0.1) is 0 Å². The number of aromatic nitrogens is 2. The number of hydrogen-bond acceptors (Lipinski definition) is 12. The predicted molar refractivity (Wildman–Crippen MR) is 208 cm³/mol. The van der Waals surface area contributed by atoms with Crippen LogP contribution in [0.1, 0.15) is 49.9 Å². The van der Waals surface area contributed by atoms with Gasteiger partial charge in [0.1, 0.15) is 25.4 Å². The summed E-state index contributed by atoms with van der Waals surface area (Å²) < 4.78 is 11.2. The van der Waals surface area contributed by atoms with Crippen LogP contribution in [-0.2, 0) is 45.1 Å². The zero-order valence-corrected chi connectivity index (χ0v) is 32.1. The van der Waals surface area contributed by atoms with E-state index < -0.39 is 72.2 Å². The van der Waals surface area contributed by atoms with Crippen LogP contribution in [0.3, 0.4) is 0 Å². The molecule has 2 unspecified atom stereocenters. The summed E-state index contributed by atoms with van der Waals surface area (Å²) in [5, 5.41) is 24.8. The third-order valence-corrected chi connectivity index (χ3v) is 9.42. The number of carbonyl (C=O) groups is 4. The molecule has 4 rings (SSSR count). The highest BCUT2D eigenvalue weighted by Gasteiger charge is 2.47. The summed E-state index contributed by atoms with van der Waals surface area (Å²) >= 11 is 0. The summed E-state index contributed by atoms with van der Waals surface area (Å²) in [6, 6.07) is 18.6. The van der Waals surface area contributed by atoms with Crippen LogP contribution in [0.4, 0.5) is 9.59 Å². The molecule has 2 aromatic carbocycles. The molecule has 0 saturated carbocycles. The molecule has 0 aliphatic rings. The maximum Gasteiger partial charge on any atom is 0.417 e. The van der Waals surface area contributed by atoms with Crippen molar-refractivity contribution in [3.63, 3.8) is 0 Å². The van der Waals surface area contributed by atoms with Gasteiger partial charge in [-0.2, -0.15) is 0 Å². The van der Waals surface area contributed by atoms with Crippen molar-refractivity contribution in [1.82, 2.24) is 19.8 Å². The van der Waals surface area contributed by atoms with E-state index in [1.165, 1.54) is 12.4 Å². The van der Waals surface area contributed by atoms with Crippen LogP contribution in [0, 0.1) is 11.8 Å². The first kappa shape index (κ1) is 43.2. The predicted octanol–water partition coefficient (Wildman–Crippen LogP) is 4.02. The fraction of sp³-hybridized carbons (Fsp3) is 0.381. The second-order valence-electron chi connectivity index (χ2n) is 14.3. The Balaban J connectivity index is 1.84. The highest BCUT2D eigenvalue weighted by Crippen LogP contribution is 2.26. The maximum absolute atomic E-state index is 14.2. The van der Waals surface area contributed by atoms with E-state index in [-0.39, 0.29) is 26.1 Å². The second kappa shape index (κ2) is 20.9. The van der Waals surface area contributed by atoms with Crippen molar-refractivity contribution in [1.29, 1.82) is 0 Å². The van der Waals surface area contributed by atoms with Crippen molar-refractivity contribution in [3.05, 3.63) is 132 Å². The average Bonchev–Trinajstić information content (AvgIpc) is 3.21. The number of nitrogens with zero attached hydrogens (tertiary/aromatic N) is 4. The molecule has 2 heterocycles. The van der Waals surface area contributed by atoms with E-state index in [0.717, 1.165) is 9.80 Å². The Hall–Kier alpha value is -5.54. The lowest BCUT2D eigenvalue weighted by Crippen LogP contribution is -2.64. The summed E-state index contributed by atoms with van der Waals surface area (Å²) in [6.07, 6.45) is -0.480. The summed E-state index contributed by atoms with van der Waals surface area (Å²) in [7, 11) is 0. The molecule has 14 heteroatoms. The Morgan fingerprint density at radius 1 is 0.571 bits per heavy atom. The SMILES string of the molecule is CC(C)[C@H](N)C(=O)N(C(=O)OCc1cccnc1)[C@@H](Cc1ccccc1)C(O)C(O)[C@H](Cc1ccccc1)N(C(=O)OCc1cccnc1)C(=O)[C@@H](N)C(C)C. The number of ether oxygens (including phenoxy) is 2. The van der Waals surface area contributed by atoms with Gasteiger partial charge < -0.3 is 31.2 Å². The minimum absolute atomic E-state index is 0.166. The smallest absolute Gasteiger partial charge is 0.417 e. The molecule has 2 aromatic heterocycles. The van der Waals surface area contributed by atoms with Gasteiger partial charge in [0.2, 0.25) is 11.8 Å². The Morgan fingerprint density at radius 3 is 1.21 bits per heavy atom. The van der Waals surface area contributed by atoms with E-state index in [2.05, 4.69) is 9.97 Å². The van der Waals surface area contributed by atoms with Crippen LogP contribution in [0.2, 0.25) is 0 Å². The van der Waals surface area contributed by atoms with Crippen molar-refractivity contribution in [2.75, 3.05) is 0 Å². The van der Waals surface area contributed by atoms with Crippen molar-refractivity contribution < 1.29 is 38.9 Å². The normalized spacial score (nSPS) is 14.5. The molecule has 0 aliphatic heterocycles. The molecule has 6 atom stereocenters. The van der Waals surface area contributed by atoms with Gasteiger partial charge >= 0.3 is 12.2 Å². The number of rotatable bonds is 17. The van der Waals surface area contributed by atoms with Crippen LogP contribution in [0.15, 0.2) is 110 Å². The standard InChI is InChI=1S/C42H52N6O8/c1-27(2)35(43)39(51)47(41(53)55-25-31-17-11-19-45-23-31)33(21-29-13-7-5-8-14-29)37(49)38(50)34(22-30-15-9-6-10-16-30)48(40(52)36(44)28(3)4)42(54)56-26-32-18-12-20-46-24-32/h5-20,23-24,27-28,33-38,49-50H,21-22,25-26,43-44H2,1-4H3/t33-,34-,35-,36-,37?,38?/m0/s1. The highest BCUT2D eigenvalue weighted by molar-refractivity contribution is 5.96. The van der Waals surface area contributed by atoms with E-state index in [1.54, 1.807) is 125 Å². The van der Waals surface area contributed by atoms with Gasteiger partial charge in [-0.1, -0.05) is 100 Å². The van der Waals surface area contributed by atoms with E-state index in [1.807, 2.05) is 0 Å². The average molecular weight is 769 g/mol. The molecular formula is C42H52N6O8. The summed E-state index contributed by atoms with van der Waals surface area (Å²) in [5.74, 6) is -2.62. The number of benzene rings is 2. The van der Waals surface area contributed by atoms with Gasteiger partial charge in [0, 0.05) is 35.9 Å². The molecule has 56 heavy (non-hydrogen) atoms. The molecule has 0 fully saturated rings. The van der Waals surface area contributed by atoms with Gasteiger partial charge in [-0.3, -0.25) is 19.6 Å². The van der Waals surface area contributed by atoms with Crippen LogP contribution in [0.25, 0.3) is 0 Å². The number of aliphatic hydroxyl groups excluding tert-OH is 2. The van der Waals surface area contributed by atoms with Crippen molar-refractivity contribution in [2.24, 2.45) is 23.3 Å². The summed E-state index contributed by atoms with van der Waals surface area (Å²) in [5.41, 5.74) is 15.0. The lowest BCUT2D eigenvalue weighted by molar-refractivity contribution is -0.145. The number of aliphatic hydroxyl groups is 2. The fourth-order valence-electron chi connectivity index (χ4n) is 5.96. The van der Waals surface area contributed by atoms with Crippen molar-refractivity contribution >= 4 is 24.0 Å². The number of amides is 4. The molecule has 6 N–H and O–H groups in total. The van der Waals surface area contributed by atoms with E-state index >= 15 is 0 Å². The Morgan fingerprint density at radius 2 is 0.911 bits per heavy atom. The van der Waals surface area contributed by atoms with Crippen LogP contribution < -0.4 is 11.5 Å². The zero-order chi connectivity index (χ0) is 40.8.